The van der Waals surface area contributed by atoms with Crippen molar-refractivity contribution >= 4 is 17.9 Å². The first-order valence-electron chi connectivity index (χ1n) is 7.95. The molecular weight excluding hydrogens is 306 g/mol. The summed E-state index contributed by atoms with van der Waals surface area (Å²) in [6.45, 7) is 5.62. The zero-order valence-corrected chi connectivity index (χ0v) is 15.5. The van der Waals surface area contributed by atoms with Gasteiger partial charge in [-0.3, -0.25) is 14.4 Å². The van der Waals surface area contributed by atoms with Crippen molar-refractivity contribution in [1.82, 2.24) is 14.9 Å². The molecule has 0 fully saturated rings. The lowest BCUT2D eigenvalue weighted by Gasteiger charge is -2.13. The lowest BCUT2D eigenvalue weighted by atomic mass is 10.2. The van der Waals surface area contributed by atoms with Crippen molar-refractivity contribution in [3.63, 3.8) is 0 Å². The van der Waals surface area contributed by atoms with Gasteiger partial charge in [0.15, 0.2) is 6.29 Å². The number of aromatic nitrogens is 1. The number of nitrogens with zero attached hydrogens (tertiary/aromatic N) is 2. The van der Waals surface area contributed by atoms with Gasteiger partial charge in [0.2, 0.25) is 5.91 Å². The molecule has 0 aromatic carbocycles. The van der Waals surface area contributed by atoms with Gasteiger partial charge in [0, 0.05) is 32.9 Å². The van der Waals surface area contributed by atoms with Crippen molar-refractivity contribution in [1.29, 1.82) is 0 Å². The molecule has 0 atom stereocenters. The molecule has 0 aliphatic rings. The molecule has 1 aromatic rings. The monoisotopic (exact) mass is 335 g/mol. The minimum absolute atomic E-state index is 0.0949. The summed E-state index contributed by atoms with van der Waals surface area (Å²) in [6, 6.07) is 3.70. The lowest BCUT2D eigenvalue weighted by Crippen LogP contribution is -2.21. The van der Waals surface area contributed by atoms with Gasteiger partial charge in [-0.15, -0.1) is 0 Å². The molecule has 0 bridgehead atoms. The largest absolute Gasteiger partial charge is 0.390 e. The smallest absolute Gasteiger partial charge is 0.242 e. The van der Waals surface area contributed by atoms with Crippen molar-refractivity contribution in [2.24, 2.45) is 0 Å². The van der Waals surface area contributed by atoms with Crippen LogP contribution in [0.2, 0.25) is 0 Å². The van der Waals surface area contributed by atoms with Gasteiger partial charge in [0.25, 0.3) is 0 Å². The highest BCUT2D eigenvalue weighted by atomic mass is 16.7. The van der Waals surface area contributed by atoms with Crippen LogP contribution in [0, 0.1) is 0 Å². The number of carbonyl (C=O) groups is 2. The van der Waals surface area contributed by atoms with Gasteiger partial charge in [0.1, 0.15) is 0 Å². The molecule has 0 spiro atoms. The van der Waals surface area contributed by atoms with Gasteiger partial charge in [0.05, 0.1) is 18.5 Å². The Balaban J connectivity index is 0.000000640. The van der Waals surface area contributed by atoms with Crippen molar-refractivity contribution in [2.75, 3.05) is 21.2 Å². The van der Waals surface area contributed by atoms with Gasteiger partial charge in [-0.05, 0) is 31.1 Å². The van der Waals surface area contributed by atoms with Crippen LogP contribution in [-0.2, 0) is 9.63 Å². The summed E-state index contributed by atoms with van der Waals surface area (Å²) in [4.78, 5) is 25.6. The third-order valence-corrected chi connectivity index (χ3v) is 3.35. The van der Waals surface area contributed by atoms with E-state index in [0.717, 1.165) is 35.6 Å². The summed E-state index contributed by atoms with van der Waals surface area (Å²) in [6.07, 6.45) is 8.81. The molecule has 1 aromatic heterocycles. The highest BCUT2D eigenvalue weighted by molar-refractivity contribution is 5.77. The molecule has 1 heterocycles. The molecule has 24 heavy (non-hydrogen) atoms. The fourth-order valence-electron chi connectivity index (χ4n) is 1.88. The SMILES string of the molecule is CC/C=C\C(=C(/CC)NC)n1cccc1C=O.CON(C)C(C)=O. The highest BCUT2D eigenvalue weighted by Gasteiger charge is 2.06. The number of hydrogen-bond acceptors (Lipinski definition) is 4. The van der Waals surface area contributed by atoms with E-state index in [-0.39, 0.29) is 5.91 Å². The Kier molecular flexibility index (Phi) is 10.9. The molecule has 0 saturated heterocycles. The maximum atomic E-state index is 11.0. The fourth-order valence-corrected chi connectivity index (χ4v) is 1.88. The number of amides is 1. The Bertz CT molecular complexity index is 568. The first-order chi connectivity index (χ1) is 11.5. The lowest BCUT2D eigenvalue weighted by molar-refractivity contribution is -0.165. The average Bonchev–Trinajstić information content (AvgIpc) is 3.06. The predicted octanol–water partition coefficient (Wildman–Crippen LogP) is 3.09. The van der Waals surface area contributed by atoms with Gasteiger partial charge in [-0.2, -0.15) is 0 Å². The Labute approximate surface area is 144 Å². The van der Waals surface area contributed by atoms with Crippen LogP contribution in [0.3, 0.4) is 0 Å². The van der Waals surface area contributed by atoms with Crippen LogP contribution < -0.4 is 5.32 Å². The number of carbonyl (C=O) groups excluding carboxylic acids is 2. The highest BCUT2D eigenvalue weighted by Crippen LogP contribution is 2.16. The second kappa shape index (κ2) is 12.1. The summed E-state index contributed by atoms with van der Waals surface area (Å²) in [5.41, 5.74) is 2.82. The summed E-state index contributed by atoms with van der Waals surface area (Å²) < 4.78 is 1.91. The third kappa shape index (κ3) is 6.83. The van der Waals surface area contributed by atoms with Crippen LogP contribution in [0.15, 0.2) is 36.2 Å². The van der Waals surface area contributed by atoms with E-state index < -0.39 is 0 Å². The van der Waals surface area contributed by atoms with Crippen molar-refractivity contribution in [2.45, 2.75) is 33.6 Å². The summed E-state index contributed by atoms with van der Waals surface area (Å²) in [7, 11) is 4.91. The zero-order valence-electron chi connectivity index (χ0n) is 15.5. The van der Waals surface area contributed by atoms with Gasteiger partial charge < -0.3 is 9.88 Å². The van der Waals surface area contributed by atoms with E-state index in [4.69, 9.17) is 0 Å². The van der Waals surface area contributed by atoms with Crippen LogP contribution in [-0.4, -0.2) is 43.0 Å². The van der Waals surface area contributed by atoms with Crippen molar-refractivity contribution in [3.8, 4) is 0 Å². The third-order valence-electron chi connectivity index (χ3n) is 3.35. The Morgan fingerprint density at radius 1 is 1.42 bits per heavy atom. The Morgan fingerprint density at radius 3 is 2.46 bits per heavy atom. The first-order valence-corrected chi connectivity index (χ1v) is 7.95. The number of rotatable bonds is 7. The summed E-state index contributed by atoms with van der Waals surface area (Å²) in [5, 5.41) is 4.34. The van der Waals surface area contributed by atoms with E-state index in [1.54, 1.807) is 7.05 Å². The van der Waals surface area contributed by atoms with E-state index in [2.05, 4.69) is 36.2 Å². The van der Waals surface area contributed by atoms with Crippen LogP contribution in [0.25, 0.3) is 5.70 Å². The number of aldehydes is 1. The Morgan fingerprint density at radius 2 is 2.08 bits per heavy atom. The maximum Gasteiger partial charge on any atom is 0.242 e. The van der Waals surface area contributed by atoms with E-state index in [1.165, 1.54) is 14.0 Å². The molecular formula is C18H29N3O3. The fraction of sp³-hybridized carbons (Fsp3) is 0.444. The average molecular weight is 335 g/mol. The Hall–Kier alpha value is -2.34. The second-order valence-electron chi connectivity index (χ2n) is 4.90. The molecule has 1 N–H and O–H groups in total. The van der Waals surface area contributed by atoms with Gasteiger partial charge >= 0.3 is 0 Å². The molecule has 0 unspecified atom stereocenters. The van der Waals surface area contributed by atoms with Gasteiger partial charge in [-0.25, -0.2) is 5.06 Å². The second-order valence-corrected chi connectivity index (χ2v) is 4.90. The van der Waals surface area contributed by atoms with E-state index in [0.29, 0.717) is 5.69 Å². The van der Waals surface area contributed by atoms with E-state index >= 15 is 0 Å². The molecule has 0 aliphatic heterocycles. The van der Waals surface area contributed by atoms with Crippen molar-refractivity contribution in [3.05, 3.63) is 41.9 Å². The minimum atomic E-state index is -0.0949. The standard InChI is InChI=1S/C14H20N2O.C4H9NO2/c1-4-6-9-14(13(5-2)15-3)16-10-7-8-12(16)11-17;1-4(6)5(2)7-3/h6-11,15H,4-5H2,1-3H3;1-3H3/b9-6-,14-13-;. The molecule has 6 nitrogen and oxygen atoms in total. The number of allylic oxidation sites excluding steroid dienone is 4. The van der Waals surface area contributed by atoms with Crippen LogP contribution >= 0.6 is 0 Å². The minimum Gasteiger partial charge on any atom is -0.390 e. The summed E-state index contributed by atoms with van der Waals surface area (Å²) >= 11 is 0. The number of hydrogen-bond donors (Lipinski definition) is 1. The number of nitrogens with one attached hydrogen (secondary N) is 1. The van der Waals surface area contributed by atoms with Crippen LogP contribution in [0.4, 0.5) is 0 Å². The van der Waals surface area contributed by atoms with E-state index in [9.17, 15) is 9.59 Å². The number of hydroxylamine groups is 2. The molecule has 0 radical (unpaired) electrons. The molecule has 134 valence electrons. The first kappa shape index (κ1) is 21.7. The normalized spacial score (nSPS) is 11.4. The maximum absolute atomic E-state index is 11.0. The topological polar surface area (TPSA) is 63.6 Å². The molecule has 1 rings (SSSR count). The van der Waals surface area contributed by atoms with E-state index in [1.807, 2.05) is 29.9 Å². The molecule has 0 aliphatic carbocycles. The quantitative estimate of drug-likeness (QED) is 0.472. The molecule has 0 saturated carbocycles. The van der Waals surface area contributed by atoms with Crippen LogP contribution in [0.5, 0.6) is 0 Å². The molecule has 1 amide bonds. The zero-order chi connectivity index (χ0) is 18.5. The molecule has 6 heteroatoms. The predicted molar refractivity (Wildman–Crippen MR) is 97.3 cm³/mol. The van der Waals surface area contributed by atoms with Crippen LogP contribution in [0.1, 0.15) is 44.1 Å². The van der Waals surface area contributed by atoms with Gasteiger partial charge in [-0.1, -0.05) is 19.9 Å². The summed E-state index contributed by atoms with van der Waals surface area (Å²) in [5.74, 6) is -0.0949. The van der Waals surface area contributed by atoms with Crippen molar-refractivity contribution < 1.29 is 14.4 Å².